The van der Waals surface area contributed by atoms with Gasteiger partial charge in [-0.15, -0.1) is 0 Å². The number of hydrogen-bond acceptors (Lipinski definition) is 3. The van der Waals surface area contributed by atoms with Crippen molar-refractivity contribution in [2.75, 3.05) is 27.2 Å². The van der Waals surface area contributed by atoms with E-state index in [1.165, 1.54) is 0 Å². The van der Waals surface area contributed by atoms with Crippen molar-refractivity contribution in [3.05, 3.63) is 0 Å². The highest BCUT2D eigenvalue weighted by Crippen LogP contribution is 2.25. The standard InChI is InChI=1S/C15H31N3O3/c1-12(7-11-18(4)5)17-14(21)16-10-9-15(2,3)8-6-13(19)20/h12H,6-11H2,1-5H3,(H,19,20)(H2,16,17,21). The van der Waals surface area contributed by atoms with Gasteiger partial charge in [0.2, 0.25) is 0 Å². The molecule has 0 aliphatic heterocycles. The van der Waals surface area contributed by atoms with Crippen molar-refractivity contribution in [2.45, 2.75) is 52.5 Å². The molecule has 0 saturated carbocycles. The van der Waals surface area contributed by atoms with E-state index in [9.17, 15) is 9.59 Å². The molecule has 0 aromatic carbocycles. The first-order valence-electron chi connectivity index (χ1n) is 7.53. The SMILES string of the molecule is CC(CCN(C)C)NC(=O)NCCC(C)(C)CCC(=O)O. The lowest BCUT2D eigenvalue weighted by molar-refractivity contribution is -0.137. The smallest absolute Gasteiger partial charge is 0.314 e. The average molecular weight is 301 g/mol. The predicted octanol–water partition coefficient (Wildman–Crippen LogP) is 1.91. The van der Waals surface area contributed by atoms with Gasteiger partial charge in [-0.25, -0.2) is 4.79 Å². The lowest BCUT2D eigenvalue weighted by atomic mass is 9.84. The van der Waals surface area contributed by atoms with E-state index in [4.69, 9.17) is 5.11 Å². The summed E-state index contributed by atoms with van der Waals surface area (Å²) in [6.07, 6.45) is 2.45. The molecule has 1 unspecified atom stereocenters. The van der Waals surface area contributed by atoms with Crippen LogP contribution in [0.15, 0.2) is 0 Å². The molecule has 0 aromatic rings. The zero-order chi connectivity index (χ0) is 16.5. The highest BCUT2D eigenvalue weighted by atomic mass is 16.4. The van der Waals surface area contributed by atoms with Gasteiger partial charge in [-0.3, -0.25) is 4.79 Å². The van der Waals surface area contributed by atoms with E-state index in [1.54, 1.807) is 0 Å². The quantitative estimate of drug-likeness (QED) is 0.575. The van der Waals surface area contributed by atoms with Crippen LogP contribution in [-0.4, -0.2) is 55.2 Å². The van der Waals surface area contributed by atoms with Crippen LogP contribution in [0.1, 0.15) is 46.5 Å². The summed E-state index contributed by atoms with van der Waals surface area (Å²) < 4.78 is 0. The fourth-order valence-electron chi connectivity index (χ4n) is 1.88. The molecule has 21 heavy (non-hydrogen) atoms. The van der Waals surface area contributed by atoms with Gasteiger partial charge in [0.15, 0.2) is 0 Å². The van der Waals surface area contributed by atoms with E-state index in [0.29, 0.717) is 13.0 Å². The van der Waals surface area contributed by atoms with Gasteiger partial charge in [0.05, 0.1) is 0 Å². The molecule has 124 valence electrons. The number of rotatable bonds is 10. The van der Waals surface area contributed by atoms with Gasteiger partial charge in [0, 0.05) is 19.0 Å². The van der Waals surface area contributed by atoms with Crippen molar-refractivity contribution in [3.8, 4) is 0 Å². The summed E-state index contributed by atoms with van der Waals surface area (Å²) in [7, 11) is 4.01. The summed E-state index contributed by atoms with van der Waals surface area (Å²) in [4.78, 5) is 24.4. The molecule has 6 nitrogen and oxygen atoms in total. The molecule has 0 radical (unpaired) electrons. The normalized spacial score (nSPS) is 13.0. The maximum atomic E-state index is 11.7. The van der Waals surface area contributed by atoms with E-state index in [0.717, 1.165) is 19.4 Å². The van der Waals surface area contributed by atoms with Crippen molar-refractivity contribution in [2.24, 2.45) is 5.41 Å². The molecule has 0 aromatic heterocycles. The highest BCUT2D eigenvalue weighted by molar-refractivity contribution is 5.74. The third kappa shape index (κ3) is 12.2. The number of urea groups is 1. The largest absolute Gasteiger partial charge is 0.481 e. The van der Waals surface area contributed by atoms with Gasteiger partial charge in [-0.05, 0) is 52.2 Å². The molecule has 0 spiro atoms. The fraction of sp³-hybridized carbons (Fsp3) is 0.867. The first-order chi connectivity index (χ1) is 9.62. The summed E-state index contributed by atoms with van der Waals surface area (Å²) >= 11 is 0. The average Bonchev–Trinajstić information content (AvgIpc) is 2.34. The molecule has 0 bridgehead atoms. The number of hydrogen-bond donors (Lipinski definition) is 3. The number of carbonyl (C=O) groups is 2. The Bertz CT molecular complexity index is 330. The zero-order valence-corrected chi connectivity index (χ0v) is 14.0. The van der Waals surface area contributed by atoms with Crippen molar-refractivity contribution in [1.29, 1.82) is 0 Å². The Labute approximate surface area is 128 Å². The van der Waals surface area contributed by atoms with Crippen LogP contribution in [0.3, 0.4) is 0 Å². The van der Waals surface area contributed by atoms with Crippen molar-refractivity contribution >= 4 is 12.0 Å². The van der Waals surface area contributed by atoms with Crippen LogP contribution in [0.25, 0.3) is 0 Å². The first kappa shape index (κ1) is 19.7. The second-order valence-corrected chi connectivity index (χ2v) is 6.70. The van der Waals surface area contributed by atoms with E-state index in [2.05, 4.69) is 15.5 Å². The Morgan fingerprint density at radius 3 is 2.38 bits per heavy atom. The van der Waals surface area contributed by atoms with Gasteiger partial charge in [0.1, 0.15) is 0 Å². The van der Waals surface area contributed by atoms with Crippen LogP contribution in [0.2, 0.25) is 0 Å². The van der Waals surface area contributed by atoms with Crippen molar-refractivity contribution in [1.82, 2.24) is 15.5 Å². The summed E-state index contributed by atoms with van der Waals surface area (Å²) in [6.45, 7) is 7.52. The molecule has 0 fully saturated rings. The Kier molecular flexibility index (Phi) is 9.01. The Hall–Kier alpha value is -1.30. The molecule has 0 saturated heterocycles. The molecule has 6 heteroatoms. The minimum absolute atomic E-state index is 0.0811. The second-order valence-electron chi connectivity index (χ2n) is 6.70. The molecule has 1 atom stereocenters. The number of nitrogens with one attached hydrogen (secondary N) is 2. The molecular formula is C15H31N3O3. The molecule has 3 N–H and O–H groups in total. The minimum Gasteiger partial charge on any atom is -0.481 e. The lowest BCUT2D eigenvalue weighted by Gasteiger charge is -2.24. The van der Waals surface area contributed by atoms with Crippen LogP contribution in [0, 0.1) is 5.41 Å². The van der Waals surface area contributed by atoms with Gasteiger partial charge in [-0.2, -0.15) is 0 Å². The summed E-state index contributed by atoms with van der Waals surface area (Å²) in [6, 6.07) is -0.0253. The maximum Gasteiger partial charge on any atom is 0.314 e. The number of aliphatic carboxylic acids is 1. The molecule has 0 rings (SSSR count). The lowest BCUT2D eigenvalue weighted by Crippen LogP contribution is -2.42. The van der Waals surface area contributed by atoms with E-state index < -0.39 is 5.97 Å². The van der Waals surface area contributed by atoms with Crippen LogP contribution >= 0.6 is 0 Å². The predicted molar refractivity (Wildman–Crippen MR) is 84.4 cm³/mol. The molecule has 2 amide bonds. The van der Waals surface area contributed by atoms with E-state index in [-0.39, 0.29) is 23.9 Å². The van der Waals surface area contributed by atoms with Crippen molar-refractivity contribution in [3.63, 3.8) is 0 Å². The van der Waals surface area contributed by atoms with Gasteiger partial charge in [0.25, 0.3) is 0 Å². The Morgan fingerprint density at radius 1 is 1.24 bits per heavy atom. The van der Waals surface area contributed by atoms with Crippen LogP contribution in [0.4, 0.5) is 4.79 Å². The Morgan fingerprint density at radius 2 is 1.86 bits per heavy atom. The van der Waals surface area contributed by atoms with Crippen LogP contribution in [0.5, 0.6) is 0 Å². The summed E-state index contributed by atoms with van der Waals surface area (Å²) in [5.41, 5.74) is -0.0811. The zero-order valence-electron chi connectivity index (χ0n) is 14.0. The van der Waals surface area contributed by atoms with Crippen LogP contribution in [-0.2, 0) is 4.79 Å². The first-order valence-corrected chi connectivity index (χ1v) is 7.53. The van der Waals surface area contributed by atoms with Crippen molar-refractivity contribution < 1.29 is 14.7 Å². The molecule has 0 heterocycles. The van der Waals surface area contributed by atoms with E-state index in [1.807, 2.05) is 34.9 Å². The highest BCUT2D eigenvalue weighted by Gasteiger charge is 2.19. The summed E-state index contributed by atoms with van der Waals surface area (Å²) in [5, 5.41) is 14.4. The molecule has 0 aliphatic rings. The fourth-order valence-corrected chi connectivity index (χ4v) is 1.88. The maximum absolute atomic E-state index is 11.7. The monoisotopic (exact) mass is 301 g/mol. The molecular weight excluding hydrogens is 270 g/mol. The van der Waals surface area contributed by atoms with E-state index >= 15 is 0 Å². The summed E-state index contributed by atoms with van der Waals surface area (Å²) in [5.74, 6) is -0.775. The topological polar surface area (TPSA) is 81.7 Å². The number of carboxylic acids is 1. The molecule has 0 aliphatic carbocycles. The minimum atomic E-state index is -0.775. The van der Waals surface area contributed by atoms with Crippen LogP contribution < -0.4 is 10.6 Å². The third-order valence-corrected chi connectivity index (χ3v) is 3.49. The number of amides is 2. The van der Waals surface area contributed by atoms with Gasteiger partial charge >= 0.3 is 12.0 Å². The second kappa shape index (κ2) is 9.60. The Balaban J connectivity index is 3.85. The van der Waals surface area contributed by atoms with Gasteiger partial charge in [-0.1, -0.05) is 13.8 Å². The number of carboxylic acid groups (broad SMARTS) is 1. The third-order valence-electron chi connectivity index (χ3n) is 3.49. The van der Waals surface area contributed by atoms with Gasteiger partial charge < -0.3 is 20.6 Å². The number of nitrogens with zero attached hydrogens (tertiary/aromatic N) is 1. The number of carbonyl (C=O) groups excluding carboxylic acids is 1.